The third-order valence-corrected chi connectivity index (χ3v) is 1.88. The van der Waals surface area contributed by atoms with E-state index in [9.17, 15) is 0 Å². The summed E-state index contributed by atoms with van der Waals surface area (Å²) in [6.45, 7) is 0. The van der Waals surface area contributed by atoms with Gasteiger partial charge in [-0.1, -0.05) is 0 Å². The normalized spacial score (nSPS) is 40.9. The zero-order chi connectivity index (χ0) is 7.89. The lowest BCUT2D eigenvalue weighted by Gasteiger charge is -2.14. The Bertz CT molecular complexity index is 157. The molecule has 5 nitrogen and oxygen atoms in total. The molecule has 5 heteroatoms. The highest BCUT2D eigenvalue weighted by Crippen LogP contribution is 2.14. The third kappa shape index (κ3) is 0.756. The zero-order valence-corrected chi connectivity index (χ0v) is 5.62. The molecule has 0 amide bonds. The first-order valence-electron chi connectivity index (χ1n) is 3.07. The summed E-state index contributed by atoms with van der Waals surface area (Å²) in [5, 5.41) is 0. The standard InChI is InChI=1S/C5H13N5/c6-1-2(7)4(9)5(10)3(1)8/h1-3H,6-10H2. The van der Waals surface area contributed by atoms with Crippen molar-refractivity contribution in [2.75, 3.05) is 0 Å². The molecule has 0 fully saturated rings. The van der Waals surface area contributed by atoms with E-state index < -0.39 is 0 Å². The first-order chi connectivity index (χ1) is 4.55. The fourth-order valence-electron chi connectivity index (χ4n) is 1.02. The molecular weight excluding hydrogens is 130 g/mol. The van der Waals surface area contributed by atoms with Gasteiger partial charge in [0.25, 0.3) is 0 Å². The molecule has 10 heavy (non-hydrogen) atoms. The quantitative estimate of drug-likeness (QED) is 0.248. The molecule has 58 valence electrons. The van der Waals surface area contributed by atoms with E-state index in [-0.39, 0.29) is 18.1 Å². The Morgan fingerprint density at radius 2 is 1.10 bits per heavy atom. The molecule has 0 saturated carbocycles. The van der Waals surface area contributed by atoms with Crippen molar-refractivity contribution < 1.29 is 0 Å². The molecule has 0 aromatic rings. The van der Waals surface area contributed by atoms with Gasteiger partial charge in [0.2, 0.25) is 0 Å². The molecule has 1 rings (SSSR count). The van der Waals surface area contributed by atoms with Gasteiger partial charge in [0.1, 0.15) is 0 Å². The molecule has 2 atom stereocenters. The van der Waals surface area contributed by atoms with Crippen LogP contribution in [0.3, 0.4) is 0 Å². The number of rotatable bonds is 0. The maximum atomic E-state index is 5.55. The van der Waals surface area contributed by atoms with E-state index in [0.717, 1.165) is 0 Å². The van der Waals surface area contributed by atoms with Crippen LogP contribution in [0.4, 0.5) is 0 Å². The van der Waals surface area contributed by atoms with Crippen molar-refractivity contribution >= 4 is 0 Å². The van der Waals surface area contributed by atoms with Gasteiger partial charge in [-0.05, 0) is 0 Å². The van der Waals surface area contributed by atoms with Gasteiger partial charge in [-0.15, -0.1) is 0 Å². The lowest BCUT2D eigenvalue weighted by atomic mass is 10.1. The molecule has 0 radical (unpaired) electrons. The van der Waals surface area contributed by atoms with E-state index in [1.54, 1.807) is 0 Å². The van der Waals surface area contributed by atoms with Crippen LogP contribution in [0.15, 0.2) is 11.4 Å². The molecule has 0 saturated heterocycles. The number of hydrogen-bond donors (Lipinski definition) is 5. The van der Waals surface area contributed by atoms with E-state index in [1.165, 1.54) is 0 Å². The van der Waals surface area contributed by atoms with Crippen molar-refractivity contribution in [2.24, 2.45) is 28.7 Å². The van der Waals surface area contributed by atoms with Crippen molar-refractivity contribution in [2.45, 2.75) is 18.1 Å². The summed E-state index contributed by atoms with van der Waals surface area (Å²) in [7, 11) is 0. The van der Waals surface area contributed by atoms with Crippen LogP contribution in [-0.2, 0) is 0 Å². The van der Waals surface area contributed by atoms with E-state index >= 15 is 0 Å². The first-order valence-corrected chi connectivity index (χ1v) is 3.07. The summed E-state index contributed by atoms with van der Waals surface area (Å²) < 4.78 is 0. The van der Waals surface area contributed by atoms with E-state index in [4.69, 9.17) is 28.7 Å². The lowest BCUT2D eigenvalue weighted by Crippen LogP contribution is -2.49. The Labute approximate surface area is 59.2 Å². The minimum atomic E-state index is -0.380. The highest BCUT2D eigenvalue weighted by atomic mass is 15.0. The summed E-state index contributed by atoms with van der Waals surface area (Å²) >= 11 is 0. The molecule has 1 aliphatic rings. The van der Waals surface area contributed by atoms with Gasteiger partial charge in [-0.25, -0.2) is 0 Å². The van der Waals surface area contributed by atoms with Crippen LogP contribution in [-0.4, -0.2) is 18.1 Å². The predicted octanol–water partition coefficient (Wildman–Crippen LogP) is -2.89. The Kier molecular flexibility index (Phi) is 1.55. The highest BCUT2D eigenvalue weighted by molar-refractivity contribution is 5.30. The molecule has 0 spiro atoms. The second kappa shape index (κ2) is 2.12. The van der Waals surface area contributed by atoms with Crippen molar-refractivity contribution in [3.05, 3.63) is 11.4 Å². The lowest BCUT2D eigenvalue weighted by molar-refractivity contribution is 0.559. The van der Waals surface area contributed by atoms with Crippen LogP contribution in [0.1, 0.15) is 0 Å². The van der Waals surface area contributed by atoms with Gasteiger partial charge in [-0.2, -0.15) is 0 Å². The van der Waals surface area contributed by atoms with Gasteiger partial charge in [0.15, 0.2) is 0 Å². The monoisotopic (exact) mass is 143 g/mol. The van der Waals surface area contributed by atoms with Crippen LogP contribution < -0.4 is 28.7 Å². The molecule has 0 aromatic heterocycles. The fraction of sp³-hybridized carbons (Fsp3) is 0.600. The van der Waals surface area contributed by atoms with Crippen molar-refractivity contribution in [1.82, 2.24) is 0 Å². The topological polar surface area (TPSA) is 130 Å². The summed E-state index contributed by atoms with van der Waals surface area (Å²) in [6, 6.07) is -1.09. The first kappa shape index (κ1) is 7.33. The van der Waals surface area contributed by atoms with Gasteiger partial charge < -0.3 is 28.7 Å². The molecule has 1 aliphatic carbocycles. The number of hydrogen-bond acceptors (Lipinski definition) is 5. The molecule has 0 aliphatic heterocycles. The average molecular weight is 143 g/mol. The van der Waals surface area contributed by atoms with Crippen molar-refractivity contribution in [3.8, 4) is 0 Å². The van der Waals surface area contributed by atoms with Crippen molar-refractivity contribution in [1.29, 1.82) is 0 Å². The van der Waals surface area contributed by atoms with E-state index in [2.05, 4.69) is 0 Å². The average Bonchev–Trinajstić information content (AvgIpc) is 2.07. The Balaban J connectivity index is 2.88. The van der Waals surface area contributed by atoms with Gasteiger partial charge >= 0.3 is 0 Å². The van der Waals surface area contributed by atoms with Crippen molar-refractivity contribution in [3.63, 3.8) is 0 Å². The Hall–Kier alpha value is -0.780. The van der Waals surface area contributed by atoms with Crippen LogP contribution in [0.2, 0.25) is 0 Å². The van der Waals surface area contributed by atoms with E-state index in [1.807, 2.05) is 0 Å². The summed E-state index contributed by atoms with van der Waals surface area (Å²) in [5.74, 6) is 0. The van der Waals surface area contributed by atoms with Crippen LogP contribution in [0.25, 0.3) is 0 Å². The number of nitrogens with two attached hydrogens (primary N) is 5. The van der Waals surface area contributed by atoms with Gasteiger partial charge in [0.05, 0.1) is 12.1 Å². The minimum absolute atomic E-state index is 0.333. The maximum absolute atomic E-state index is 5.55. The smallest absolute Gasteiger partial charge is 0.0633 e. The summed E-state index contributed by atoms with van der Waals surface area (Å²) in [4.78, 5) is 0. The molecular formula is C5H13N5. The molecule has 0 aromatic carbocycles. The minimum Gasteiger partial charge on any atom is -0.399 e. The second-order valence-corrected chi connectivity index (χ2v) is 2.54. The fourth-order valence-corrected chi connectivity index (χ4v) is 1.02. The third-order valence-electron chi connectivity index (χ3n) is 1.88. The molecule has 0 bridgehead atoms. The molecule has 2 unspecified atom stereocenters. The van der Waals surface area contributed by atoms with Crippen LogP contribution in [0.5, 0.6) is 0 Å². The Morgan fingerprint density at radius 1 is 0.800 bits per heavy atom. The van der Waals surface area contributed by atoms with Crippen LogP contribution in [0, 0.1) is 0 Å². The largest absolute Gasteiger partial charge is 0.399 e. The maximum Gasteiger partial charge on any atom is 0.0633 e. The van der Waals surface area contributed by atoms with E-state index in [0.29, 0.717) is 11.4 Å². The molecule has 10 N–H and O–H groups in total. The summed E-state index contributed by atoms with van der Waals surface area (Å²) in [6.07, 6.45) is 0. The van der Waals surface area contributed by atoms with Gasteiger partial charge in [-0.3, -0.25) is 0 Å². The van der Waals surface area contributed by atoms with Crippen LogP contribution >= 0.6 is 0 Å². The van der Waals surface area contributed by atoms with Gasteiger partial charge in [0, 0.05) is 17.4 Å². The molecule has 0 heterocycles. The summed E-state index contributed by atoms with van der Waals surface area (Å²) in [5.41, 5.74) is 28.4. The SMILES string of the molecule is NC1=C(N)C(N)C(N)C1N. The Morgan fingerprint density at radius 3 is 1.20 bits per heavy atom. The highest BCUT2D eigenvalue weighted by Gasteiger charge is 2.33. The second-order valence-electron chi connectivity index (χ2n) is 2.54. The zero-order valence-electron chi connectivity index (χ0n) is 5.62. The predicted molar refractivity (Wildman–Crippen MR) is 39.3 cm³/mol.